The number of carbonyl (C=O) groups is 1. The van der Waals surface area contributed by atoms with Gasteiger partial charge in [0.2, 0.25) is 5.91 Å². The molecule has 0 fully saturated rings. The number of fused-ring (bicyclic) bond motifs is 1. The van der Waals surface area contributed by atoms with Gasteiger partial charge in [-0.1, -0.05) is 30.3 Å². The fourth-order valence-corrected chi connectivity index (χ4v) is 3.52. The Labute approximate surface area is 182 Å². The smallest absolute Gasteiger partial charge is 0.246 e. The minimum atomic E-state index is -0.125. The number of hydrogen-bond acceptors (Lipinski definition) is 3. The van der Waals surface area contributed by atoms with Gasteiger partial charge >= 0.3 is 0 Å². The van der Waals surface area contributed by atoms with Crippen molar-refractivity contribution in [2.24, 2.45) is 0 Å². The molecule has 1 N–H and O–H groups in total. The molecule has 2 aromatic carbocycles. The SMILES string of the molecule is C=C(C)C(=O)NCCc1nc2ccccc2n1CCCOc1cc(C)c(Cl)c(C)c1. The molecule has 1 heterocycles. The van der Waals surface area contributed by atoms with E-state index in [9.17, 15) is 4.79 Å². The van der Waals surface area contributed by atoms with Gasteiger partial charge in [-0.25, -0.2) is 4.98 Å². The number of carbonyl (C=O) groups excluding carboxylic acids is 1. The van der Waals surface area contributed by atoms with Crippen LogP contribution in [0.15, 0.2) is 48.6 Å². The number of ether oxygens (including phenoxy) is 1. The first kappa shape index (κ1) is 21.9. The second-order valence-corrected chi connectivity index (χ2v) is 7.91. The van der Waals surface area contributed by atoms with E-state index in [1.807, 2.05) is 44.2 Å². The summed E-state index contributed by atoms with van der Waals surface area (Å²) in [6.45, 7) is 11.2. The van der Waals surface area contributed by atoms with Gasteiger partial charge in [-0.15, -0.1) is 0 Å². The van der Waals surface area contributed by atoms with E-state index >= 15 is 0 Å². The third-order valence-electron chi connectivity index (χ3n) is 4.96. The molecular weight excluding hydrogens is 398 g/mol. The summed E-state index contributed by atoms with van der Waals surface area (Å²) in [5.74, 6) is 1.67. The summed E-state index contributed by atoms with van der Waals surface area (Å²) in [5, 5.41) is 3.67. The number of amides is 1. The van der Waals surface area contributed by atoms with E-state index in [1.165, 1.54) is 0 Å². The molecule has 6 heteroatoms. The summed E-state index contributed by atoms with van der Waals surface area (Å²) in [6, 6.07) is 12.0. The van der Waals surface area contributed by atoms with Crippen LogP contribution in [0.1, 0.15) is 30.3 Å². The van der Waals surface area contributed by atoms with Crippen molar-refractivity contribution in [2.45, 2.75) is 40.2 Å². The van der Waals surface area contributed by atoms with Crippen LogP contribution in [0, 0.1) is 13.8 Å². The third kappa shape index (κ3) is 5.22. The quantitative estimate of drug-likeness (QED) is 0.387. The number of aryl methyl sites for hydroxylation is 3. The van der Waals surface area contributed by atoms with Crippen molar-refractivity contribution in [1.29, 1.82) is 0 Å². The second kappa shape index (κ2) is 9.81. The van der Waals surface area contributed by atoms with Crippen LogP contribution in [0.25, 0.3) is 11.0 Å². The summed E-state index contributed by atoms with van der Waals surface area (Å²) < 4.78 is 8.17. The summed E-state index contributed by atoms with van der Waals surface area (Å²) in [4.78, 5) is 16.5. The second-order valence-electron chi connectivity index (χ2n) is 7.53. The van der Waals surface area contributed by atoms with Crippen LogP contribution in [0.5, 0.6) is 5.75 Å². The van der Waals surface area contributed by atoms with E-state index < -0.39 is 0 Å². The van der Waals surface area contributed by atoms with Crippen LogP contribution in [0.2, 0.25) is 5.02 Å². The number of aromatic nitrogens is 2. The van der Waals surface area contributed by atoms with Gasteiger partial charge in [0.15, 0.2) is 0 Å². The van der Waals surface area contributed by atoms with Crippen LogP contribution >= 0.6 is 11.6 Å². The molecule has 0 saturated heterocycles. The number of nitrogens with zero attached hydrogens (tertiary/aromatic N) is 2. The monoisotopic (exact) mass is 425 g/mol. The first-order chi connectivity index (χ1) is 14.4. The van der Waals surface area contributed by atoms with E-state index in [1.54, 1.807) is 6.92 Å². The summed E-state index contributed by atoms with van der Waals surface area (Å²) in [5.41, 5.74) is 4.60. The molecule has 3 aromatic rings. The van der Waals surface area contributed by atoms with E-state index in [0.29, 0.717) is 25.1 Å². The molecule has 5 nitrogen and oxygen atoms in total. The number of benzene rings is 2. The normalized spacial score (nSPS) is 10.9. The predicted molar refractivity (Wildman–Crippen MR) is 122 cm³/mol. The zero-order valence-corrected chi connectivity index (χ0v) is 18.6. The minimum Gasteiger partial charge on any atom is -0.494 e. The van der Waals surface area contributed by atoms with Crippen molar-refractivity contribution in [1.82, 2.24) is 14.9 Å². The van der Waals surface area contributed by atoms with Crippen molar-refractivity contribution in [2.75, 3.05) is 13.2 Å². The highest BCUT2D eigenvalue weighted by atomic mass is 35.5. The largest absolute Gasteiger partial charge is 0.494 e. The van der Waals surface area contributed by atoms with Crippen molar-refractivity contribution >= 4 is 28.5 Å². The fourth-order valence-electron chi connectivity index (χ4n) is 3.41. The first-order valence-corrected chi connectivity index (χ1v) is 10.5. The number of rotatable bonds is 9. The average molecular weight is 426 g/mol. The van der Waals surface area contributed by atoms with E-state index in [0.717, 1.165) is 51.7 Å². The minimum absolute atomic E-state index is 0.125. The summed E-state index contributed by atoms with van der Waals surface area (Å²) >= 11 is 6.23. The lowest BCUT2D eigenvalue weighted by Crippen LogP contribution is -2.26. The van der Waals surface area contributed by atoms with Gasteiger partial charge in [0.05, 0.1) is 17.6 Å². The number of halogens is 1. The van der Waals surface area contributed by atoms with Gasteiger partial charge in [-0.05, 0) is 62.6 Å². The lowest BCUT2D eigenvalue weighted by molar-refractivity contribution is -0.117. The average Bonchev–Trinajstić information content (AvgIpc) is 3.06. The molecule has 0 aliphatic carbocycles. The Hall–Kier alpha value is -2.79. The van der Waals surface area contributed by atoms with Crippen LogP contribution < -0.4 is 10.1 Å². The molecular formula is C24H28ClN3O2. The summed E-state index contributed by atoms with van der Waals surface area (Å²) in [7, 11) is 0. The highest BCUT2D eigenvalue weighted by Gasteiger charge is 2.11. The van der Waals surface area contributed by atoms with Crippen molar-refractivity contribution in [3.05, 3.63) is 70.5 Å². The van der Waals surface area contributed by atoms with E-state index in [4.69, 9.17) is 21.3 Å². The molecule has 0 aliphatic rings. The van der Waals surface area contributed by atoms with Gasteiger partial charge in [0.25, 0.3) is 0 Å². The summed E-state index contributed by atoms with van der Waals surface area (Å²) in [6.07, 6.45) is 1.50. The fraction of sp³-hybridized carbons (Fsp3) is 0.333. The molecule has 0 unspecified atom stereocenters. The van der Waals surface area contributed by atoms with Gasteiger partial charge in [-0.3, -0.25) is 4.79 Å². The van der Waals surface area contributed by atoms with E-state index in [-0.39, 0.29) is 5.91 Å². The maximum Gasteiger partial charge on any atom is 0.246 e. The third-order valence-corrected chi connectivity index (χ3v) is 5.56. The highest BCUT2D eigenvalue weighted by Crippen LogP contribution is 2.26. The Morgan fingerprint density at radius 1 is 1.23 bits per heavy atom. The predicted octanol–water partition coefficient (Wildman–Crippen LogP) is 5.01. The Morgan fingerprint density at radius 3 is 2.63 bits per heavy atom. The number of para-hydroxylation sites is 2. The maximum atomic E-state index is 11.7. The lowest BCUT2D eigenvalue weighted by atomic mass is 10.1. The number of nitrogens with one attached hydrogen (secondary N) is 1. The molecule has 0 spiro atoms. The molecule has 0 atom stereocenters. The molecule has 1 amide bonds. The number of imidazole rings is 1. The Morgan fingerprint density at radius 2 is 1.93 bits per heavy atom. The molecule has 30 heavy (non-hydrogen) atoms. The molecule has 1 aromatic heterocycles. The Balaban J connectivity index is 1.64. The Kier molecular flexibility index (Phi) is 7.16. The molecule has 0 bridgehead atoms. The zero-order chi connectivity index (χ0) is 21.7. The van der Waals surface area contributed by atoms with Crippen molar-refractivity contribution < 1.29 is 9.53 Å². The molecule has 0 radical (unpaired) electrons. The van der Waals surface area contributed by atoms with Crippen LogP contribution in [-0.4, -0.2) is 28.6 Å². The zero-order valence-electron chi connectivity index (χ0n) is 17.8. The Bertz CT molecular complexity index is 1050. The first-order valence-electron chi connectivity index (χ1n) is 10.1. The van der Waals surface area contributed by atoms with E-state index in [2.05, 4.69) is 22.5 Å². The molecule has 158 valence electrons. The number of hydrogen-bond donors (Lipinski definition) is 1. The van der Waals surface area contributed by atoms with Gasteiger partial charge in [0, 0.05) is 30.1 Å². The molecule has 0 saturated carbocycles. The van der Waals surface area contributed by atoms with Crippen molar-refractivity contribution in [3.63, 3.8) is 0 Å². The highest BCUT2D eigenvalue weighted by molar-refractivity contribution is 6.32. The standard InChI is InChI=1S/C24H28ClN3O2/c1-16(2)24(29)26-11-10-22-27-20-8-5-6-9-21(20)28(22)12-7-13-30-19-14-17(3)23(25)18(4)15-19/h5-6,8-9,14-15H,1,7,10-13H2,2-4H3,(H,26,29). The maximum absolute atomic E-state index is 11.7. The van der Waals surface area contributed by atoms with Crippen LogP contribution in [0.3, 0.4) is 0 Å². The van der Waals surface area contributed by atoms with Gasteiger partial charge < -0.3 is 14.6 Å². The van der Waals surface area contributed by atoms with Crippen molar-refractivity contribution in [3.8, 4) is 5.75 Å². The van der Waals surface area contributed by atoms with Gasteiger partial charge in [0.1, 0.15) is 11.6 Å². The molecule has 3 rings (SSSR count). The van der Waals surface area contributed by atoms with Gasteiger partial charge in [-0.2, -0.15) is 0 Å². The van der Waals surface area contributed by atoms with Crippen LogP contribution in [0.4, 0.5) is 0 Å². The lowest BCUT2D eigenvalue weighted by Gasteiger charge is -2.12. The van der Waals surface area contributed by atoms with Crippen LogP contribution in [-0.2, 0) is 17.8 Å². The topological polar surface area (TPSA) is 56.2 Å². The molecule has 0 aliphatic heterocycles.